The third kappa shape index (κ3) is 4.35. The molecule has 0 N–H and O–H groups in total. The summed E-state index contributed by atoms with van der Waals surface area (Å²) in [6, 6.07) is 4.42. The predicted molar refractivity (Wildman–Crippen MR) is 67.1 cm³/mol. The molecule has 18 heavy (non-hydrogen) atoms. The zero-order chi connectivity index (χ0) is 14.3. The first-order valence-electron chi connectivity index (χ1n) is 5.76. The van der Waals surface area contributed by atoms with Gasteiger partial charge in [0.1, 0.15) is 0 Å². The van der Waals surface area contributed by atoms with Gasteiger partial charge in [-0.05, 0) is 17.7 Å². The van der Waals surface area contributed by atoms with Crippen LogP contribution in [0.1, 0.15) is 38.3 Å². The molecule has 0 saturated heterocycles. The van der Waals surface area contributed by atoms with Crippen LogP contribution in [0.15, 0.2) is 30.8 Å². The third-order valence-corrected chi connectivity index (χ3v) is 2.22. The molecule has 0 radical (unpaired) electrons. The lowest BCUT2D eigenvalue weighted by atomic mass is 10.0. The highest BCUT2D eigenvalue weighted by molar-refractivity contribution is 6.19. The van der Waals surface area contributed by atoms with E-state index in [1.54, 1.807) is 6.92 Å². The van der Waals surface area contributed by atoms with Gasteiger partial charge in [-0.2, -0.15) is 13.2 Å². The summed E-state index contributed by atoms with van der Waals surface area (Å²) >= 11 is 0. The molecular weight excluding hydrogens is 241 g/mol. The molecular formula is C14H17F3O. The topological polar surface area (TPSA) is 17.1 Å². The Hall–Kier alpha value is -1.58. The van der Waals surface area contributed by atoms with Gasteiger partial charge in [0.25, 0.3) is 0 Å². The molecule has 1 nitrogen and oxygen atoms in total. The summed E-state index contributed by atoms with van der Waals surface area (Å²) in [5, 5.41) is 0. The number of carbonyl (C=O) groups is 1. The van der Waals surface area contributed by atoms with Crippen LogP contribution in [0, 0.1) is 0 Å². The molecule has 100 valence electrons. The summed E-state index contributed by atoms with van der Waals surface area (Å²) in [6.45, 7) is 9.23. The van der Waals surface area contributed by atoms with Gasteiger partial charge in [-0.1, -0.05) is 39.5 Å². The fourth-order valence-electron chi connectivity index (χ4n) is 1.23. The largest absolute Gasteiger partial charge is 0.416 e. The number of carbonyl (C=O) groups excluding carboxylic acids is 1. The lowest BCUT2D eigenvalue weighted by Crippen LogP contribution is -2.05. The summed E-state index contributed by atoms with van der Waals surface area (Å²) in [4.78, 5) is 11.3. The maximum absolute atomic E-state index is 12.3. The molecule has 1 aromatic rings. The van der Waals surface area contributed by atoms with Crippen molar-refractivity contribution in [1.29, 1.82) is 0 Å². The predicted octanol–water partition coefficient (Wildman–Crippen LogP) is 4.72. The Morgan fingerprint density at radius 2 is 1.61 bits per heavy atom. The summed E-state index contributed by atoms with van der Waals surface area (Å²) in [5.41, 5.74) is -0.0518. The molecule has 0 atom stereocenters. The lowest BCUT2D eigenvalue weighted by Gasteiger charge is -2.08. The molecule has 0 aliphatic heterocycles. The van der Waals surface area contributed by atoms with Crippen LogP contribution in [0.25, 0.3) is 5.57 Å². The van der Waals surface area contributed by atoms with Crippen molar-refractivity contribution >= 4 is 11.4 Å². The Bertz CT molecular complexity index is 402. The average molecular weight is 258 g/mol. The summed E-state index contributed by atoms with van der Waals surface area (Å²) in [6.07, 6.45) is -4.06. The van der Waals surface area contributed by atoms with Gasteiger partial charge >= 0.3 is 6.18 Å². The molecule has 0 amide bonds. The van der Waals surface area contributed by atoms with Crippen LogP contribution >= 0.6 is 0 Å². The fraction of sp³-hybridized carbons (Fsp3) is 0.357. The van der Waals surface area contributed by atoms with Crippen LogP contribution in [0.3, 0.4) is 0 Å². The van der Waals surface area contributed by atoms with Crippen molar-refractivity contribution in [2.45, 2.75) is 33.4 Å². The molecule has 0 aromatic heterocycles. The molecule has 4 heteroatoms. The molecule has 1 aromatic carbocycles. The van der Waals surface area contributed by atoms with Gasteiger partial charge in [0.2, 0.25) is 0 Å². The highest BCUT2D eigenvalue weighted by Crippen LogP contribution is 2.30. The first kappa shape index (κ1) is 16.4. The first-order valence-corrected chi connectivity index (χ1v) is 5.76. The second kappa shape index (κ2) is 6.99. The minimum absolute atomic E-state index is 0.167. The molecule has 0 aliphatic carbocycles. The minimum Gasteiger partial charge on any atom is -0.294 e. The number of hydrogen-bond donors (Lipinski definition) is 0. The number of ketones is 1. The minimum atomic E-state index is -4.35. The Kier molecular flexibility index (Phi) is 6.37. The lowest BCUT2D eigenvalue weighted by molar-refractivity contribution is -0.137. The normalized spacial score (nSPS) is 10.3. The maximum Gasteiger partial charge on any atom is 0.416 e. The Labute approximate surface area is 105 Å². The second-order valence-corrected chi connectivity index (χ2v) is 3.33. The fourth-order valence-corrected chi connectivity index (χ4v) is 1.23. The van der Waals surface area contributed by atoms with Crippen molar-refractivity contribution in [2.24, 2.45) is 0 Å². The van der Waals surface area contributed by atoms with Crippen LogP contribution < -0.4 is 0 Å². The van der Waals surface area contributed by atoms with E-state index in [9.17, 15) is 18.0 Å². The monoisotopic (exact) mass is 258 g/mol. The zero-order valence-corrected chi connectivity index (χ0v) is 10.8. The van der Waals surface area contributed by atoms with E-state index in [0.29, 0.717) is 12.0 Å². The van der Waals surface area contributed by atoms with Gasteiger partial charge in [0, 0.05) is 12.0 Å². The molecule has 0 saturated carbocycles. The van der Waals surface area contributed by atoms with Crippen molar-refractivity contribution in [3.05, 3.63) is 42.0 Å². The van der Waals surface area contributed by atoms with Gasteiger partial charge in [0.05, 0.1) is 5.56 Å². The smallest absolute Gasteiger partial charge is 0.294 e. The summed E-state index contributed by atoms with van der Waals surface area (Å²) < 4.78 is 36.8. The van der Waals surface area contributed by atoms with Crippen molar-refractivity contribution in [3.63, 3.8) is 0 Å². The number of halogens is 3. The second-order valence-electron chi connectivity index (χ2n) is 3.33. The number of alkyl halides is 3. The van der Waals surface area contributed by atoms with Crippen molar-refractivity contribution < 1.29 is 18.0 Å². The Balaban J connectivity index is 0.00000137. The number of benzene rings is 1. The standard InChI is InChI=1S/C12H11F3O.C2H6/c1-3-11(16)8(2)9-4-6-10(7-5-9)12(13,14)15;1-2/h4-7H,2-3H2,1H3;1-2H3. The van der Waals surface area contributed by atoms with E-state index in [-0.39, 0.29) is 11.4 Å². The summed E-state index contributed by atoms with van der Waals surface area (Å²) in [5.74, 6) is -0.167. The van der Waals surface area contributed by atoms with Crippen molar-refractivity contribution in [3.8, 4) is 0 Å². The number of hydrogen-bond acceptors (Lipinski definition) is 1. The van der Waals surface area contributed by atoms with Crippen LogP contribution in [0.4, 0.5) is 13.2 Å². The van der Waals surface area contributed by atoms with E-state index in [0.717, 1.165) is 12.1 Å². The maximum atomic E-state index is 12.3. The van der Waals surface area contributed by atoms with E-state index >= 15 is 0 Å². The molecule has 0 spiro atoms. The molecule has 0 unspecified atom stereocenters. The van der Waals surface area contributed by atoms with Crippen LogP contribution in [0.2, 0.25) is 0 Å². The number of rotatable bonds is 3. The highest BCUT2D eigenvalue weighted by atomic mass is 19.4. The van der Waals surface area contributed by atoms with E-state index in [4.69, 9.17) is 0 Å². The Morgan fingerprint density at radius 3 is 1.94 bits per heavy atom. The van der Waals surface area contributed by atoms with Crippen LogP contribution in [-0.4, -0.2) is 5.78 Å². The molecule has 1 rings (SSSR count). The number of allylic oxidation sites excluding steroid dienone is 1. The Morgan fingerprint density at radius 1 is 1.17 bits per heavy atom. The molecule has 0 fully saturated rings. The van der Waals surface area contributed by atoms with Crippen molar-refractivity contribution in [2.75, 3.05) is 0 Å². The molecule has 0 heterocycles. The highest BCUT2D eigenvalue weighted by Gasteiger charge is 2.30. The number of Topliss-reactive ketones (excluding diaryl/α,β-unsaturated/α-hetero) is 1. The van der Waals surface area contributed by atoms with Gasteiger partial charge in [0.15, 0.2) is 5.78 Å². The van der Waals surface area contributed by atoms with Crippen molar-refractivity contribution in [1.82, 2.24) is 0 Å². The summed E-state index contributed by atoms with van der Waals surface area (Å²) in [7, 11) is 0. The van der Waals surface area contributed by atoms with Gasteiger partial charge in [-0.3, -0.25) is 4.79 Å². The van der Waals surface area contributed by atoms with Crippen LogP contribution in [-0.2, 0) is 11.0 Å². The first-order chi connectivity index (χ1) is 8.36. The quantitative estimate of drug-likeness (QED) is 0.717. The SMILES string of the molecule is C=C(C(=O)CC)c1ccc(C(F)(F)F)cc1.CC. The van der Waals surface area contributed by atoms with E-state index in [1.165, 1.54) is 12.1 Å². The van der Waals surface area contributed by atoms with Gasteiger partial charge in [-0.15, -0.1) is 0 Å². The van der Waals surface area contributed by atoms with E-state index < -0.39 is 11.7 Å². The van der Waals surface area contributed by atoms with Gasteiger partial charge in [-0.25, -0.2) is 0 Å². The van der Waals surface area contributed by atoms with E-state index in [2.05, 4.69) is 6.58 Å². The molecule has 0 bridgehead atoms. The third-order valence-electron chi connectivity index (χ3n) is 2.22. The average Bonchev–Trinajstić information content (AvgIpc) is 2.38. The zero-order valence-electron chi connectivity index (χ0n) is 10.8. The van der Waals surface area contributed by atoms with Crippen LogP contribution in [0.5, 0.6) is 0 Å². The molecule has 0 aliphatic rings. The van der Waals surface area contributed by atoms with Gasteiger partial charge < -0.3 is 0 Å². The van der Waals surface area contributed by atoms with E-state index in [1.807, 2.05) is 13.8 Å².